The molecule has 0 saturated heterocycles. The second kappa shape index (κ2) is 6.79. The Morgan fingerprint density at radius 3 is 2.09 bits per heavy atom. The van der Waals surface area contributed by atoms with Crippen molar-refractivity contribution in [3.05, 3.63) is 58.1 Å². The summed E-state index contributed by atoms with van der Waals surface area (Å²) in [5.74, 6) is -0.177. The quantitative estimate of drug-likeness (QED) is 0.580. The average molecular weight is 328 g/mol. The molecule has 0 bridgehead atoms. The van der Waals surface area contributed by atoms with Crippen LogP contribution in [-0.2, 0) is 0 Å². The second-order valence-electron chi connectivity index (χ2n) is 5.76. The number of carbonyl (C=O) groups is 1. The summed E-state index contributed by atoms with van der Waals surface area (Å²) < 4.78 is 0. The third-order valence-electron chi connectivity index (χ3n) is 3.41. The van der Waals surface area contributed by atoms with E-state index in [9.17, 15) is 9.90 Å². The van der Waals surface area contributed by atoms with E-state index in [0.29, 0.717) is 11.3 Å². The number of nitrogens with one attached hydrogen (secondary N) is 2. The van der Waals surface area contributed by atoms with E-state index in [1.54, 1.807) is 18.2 Å². The Bertz CT molecular complexity index is 741. The Balaban J connectivity index is 2.12. The van der Waals surface area contributed by atoms with Crippen molar-refractivity contribution in [1.82, 2.24) is 5.32 Å². The first-order chi connectivity index (χ1) is 10.8. The summed E-state index contributed by atoms with van der Waals surface area (Å²) in [5.41, 5.74) is 4.89. The molecular formula is C18H20N2O2S. The van der Waals surface area contributed by atoms with Crippen molar-refractivity contribution < 1.29 is 9.90 Å². The summed E-state index contributed by atoms with van der Waals surface area (Å²) in [6, 6.07) is 9.18. The average Bonchev–Trinajstić information content (AvgIpc) is 2.41. The molecule has 0 aliphatic heterocycles. The van der Waals surface area contributed by atoms with Crippen LogP contribution in [0.25, 0.3) is 0 Å². The molecule has 3 N–H and O–H groups in total. The number of rotatable bonds is 2. The van der Waals surface area contributed by atoms with Crippen LogP contribution in [0.4, 0.5) is 5.69 Å². The molecular weight excluding hydrogens is 308 g/mol. The molecule has 4 nitrogen and oxygen atoms in total. The number of phenols is 1. The highest BCUT2D eigenvalue weighted by molar-refractivity contribution is 7.80. The molecule has 120 valence electrons. The van der Waals surface area contributed by atoms with Crippen molar-refractivity contribution in [3.63, 3.8) is 0 Å². The SMILES string of the molecule is Cc1cc(C)cc(C(=O)NC(=S)Nc2c(C)cc(C)cc2O)c1. The number of hydrogen-bond acceptors (Lipinski definition) is 3. The highest BCUT2D eigenvalue weighted by Crippen LogP contribution is 2.28. The minimum atomic E-state index is -0.279. The van der Waals surface area contributed by atoms with Gasteiger partial charge in [0.25, 0.3) is 5.91 Å². The van der Waals surface area contributed by atoms with Gasteiger partial charge in [-0.2, -0.15) is 0 Å². The molecule has 1 amide bonds. The van der Waals surface area contributed by atoms with Gasteiger partial charge in [-0.15, -0.1) is 0 Å². The zero-order valence-electron chi connectivity index (χ0n) is 13.7. The molecule has 0 aliphatic carbocycles. The number of aromatic hydroxyl groups is 1. The maximum atomic E-state index is 12.3. The maximum absolute atomic E-state index is 12.3. The maximum Gasteiger partial charge on any atom is 0.257 e. The van der Waals surface area contributed by atoms with E-state index in [-0.39, 0.29) is 16.8 Å². The van der Waals surface area contributed by atoms with Crippen LogP contribution < -0.4 is 10.6 Å². The van der Waals surface area contributed by atoms with E-state index < -0.39 is 0 Å². The van der Waals surface area contributed by atoms with Crippen LogP contribution in [0.5, 0.6) is 5.75 Å². The largest absolute Gasteiger partial charge is 0.506 e. The molecule has 2 rings (SSSR count). The van der Waals surface area contributed by atoms with Gasteiger partial charge in [0.1, 0.15) is 5.75 Å². The number of thiocarbonyl (C=S) groups is 1. The molecule has 0 saturated carbocycles. The Hall–Kier alpha value is -2.40. The molecule has 5 heteroatoms. The molecule has 0 radical (unpaired) electrons. The molecule has 0 fully saturated rings. The third-order valence-corrected chi connectivity index (χ3v) is 3.61. The first kappa shape index (κ1) is 17.0. The number of hydrogen-bond donors (Lipinski definition) is 3. The van der Waals surface area contributed by atoms with Crippen molar-refractivity contribution in [3.8, 4) is 5.75 Å². The number of phenolic OH excluding ortho intramolecular Hbond substituents is 1. The van der Waals surface area contributed by atoms with E-state index in [0.717, 1.165) is 22.3 Å². The van der Waals surface area contributed by atoms with Gasteiger partial charge in [-0.05, 0) is 69.2 Å². The van der Waals surface area contributed by atoms with Gasteiger partial charge in [-0.3, -0.25) is 10.1 Å². The Morgan fingerprint density at radius 2 is 1.52 bits per heavy atom. The Kier molecular flexibility index (Phi) is 5.01. The monoisotopic (exact) mass is 328 g/mol. The predicted octanol–water partition coefficient (Wildman–Crippen LogP) is 3.75. The standard InChI is InChI=1S/C18H20N2O2S/c1-10-5-11(2)8-14(7-10)17(22)20-18(23)19-16-13(4)6-12(3)9-15(16)21/h5-9,21H,1-4H3,(H2,19,20,22,23). The van der Waals surface area contributed by atoms with Crippen LogP contribution in [0.2, 0.25) is 0 Å². The zero-order valence-corrected chi connectivity index (χ0v) is 14.5. The van der Waals surface area contributed by atoms with Gasteiger partial charge in [0.2, 0.25) is 0 Å². The van der Waals surface area contributed by atoms with Crippen LogP contribution in [0.3, 0.4) is 0 Å². The summed E-state index contributed by atoms with van der Waals surface area (Å²) in [6.45, 7) is 7.64. The molecule has 0 spiro atoms. The minimum Gasteiger partial charge on any atom is -0.506 e. The van der Waals surface area contributed by atoms with Gasteiger partial charge in [-0.25, -0.2) is 0 Å². The summed E-state index contributed by atoms with van der Waals surface area (Å²) >= 11 is 5.18. The van der Waals surface area contributed by atoms with E-state index >= 15 is 0 Å². The van der Waals surface area contributed by atoms with Gasteiger partial charge in [0.05, 0.1) is 5.69 Å². The fourth-order valence-corrected chi connectivity index (χ4v) is 2.73. The Labute approximate surface area is 141 Å². The van der Waals surface area contributed by atoms with Crippen molar-refractivity contribution in [2.75, 3.05) is 5.32 Å². The molecule has 0 atom stereocenters. The van der Waals surface area contributed by atoms with Gasteiger partial charge in [0.15, 0.2) is 5.11 Å². The molecule has 23 heavy (non-hydrogen) atoms. The number of aryl methyl sites for hydroxylation is 4. The van der Waals surface area contributed by atoms with E-state index in [1.807, 2.05) is 39.8 Å². The molecule has 2 aromatic rings. The molecule has 0 aliphatic rings. The molecule has 0 aromatic heterocycles. The highest BCUT2D eigenvalue weighted by atomic mass is 32.1. The predicted molar refractivity (Wildman–Crippen MR) is 97.2 cm³/mol. The van der Waals surface area contributed by atoms with E-state index in [1.165, 1.54) is 0 Å². The summed E-state index contributed by atoms with van der Waals surface area (Å²) in [7, 11) is 0. The number of benzene rings is 2. The third kappa shape index (κ3) is 4.29. The van der Waals surface area contributed by atoms with Gasteiger partial charge in [0, 0.05) is 5.56 Å². The van der Waals surface area contributed by atoms with Crippen LogP contribution in [0, 0.1) is 27.7 Å². The lowest BCUT2D eigenvalue weighted by Gasteiger charge is -2.14. The normalized spacial score (nSPS) is 10.3. The van der Waals surface area contributed by atoms with E-state index in [2.05, 4.69) is 10.6 Å². The van der Waals surface area contributed by atoms with Crippen LogP contribution >= 0.6 is 12.2 Å². The van der Waals surface area contributed by atoms with Crippen LogP contribution in [0.15, 0.2) is 30.3 Å². The topological polar surface area (TPSA) is 61.4 Å². The summed E-state index contributed by atoms with van der Waals surface area (Å²) in [5, 5.41) is 15.7. The lowest BCUT2D eigenvalue weighted by molar-refractivity contribution is 0.0977. The number of carbonyl (C=O) groups excluding carboxylic acids is 1. The molecule has 0 unspecified atom stereocenters. The fourth-order valence-electron chi connectivity index (χ4n) is 2.53. The summed E-state index contributed by atoms with van der Waals surface area (Å²) in [4.78, 5) is 12.3. The highest BCUT2D eigenvalue weighted by Gasteiger charge is 2.12. The van der Waals surface area contributed by atoms with Crippen LogP contribution in [0.1, 0.15) is 32.6 Å². The lowest BCUT2D eigenvalue weighted by atomic mass is 10.1. The molecule has 2 aromatic carbocycles. The van der Waals surface area contributed by atoms with Gasteiger partial charge >= 0.3 is 0 Å². The van der Waals surface area contributed by atoms with Gasteiger partial charge in [-0.1, -0.05) is 23.3 Å². The first-order valence-electron chi connectivity index (χ1n) is 7.27. The minimum absolute atomic E-state index is 0.102. The zero-order chi connectivity index (χ0) is 17.1. The van der Waals surface area contributed by atoms with E-state index in [4.69, 9.17) is 12.2 Å². The van der Waals surface area contributed by atoms with Crippen molar-refractivity contribution in [2.45, 2.75) is 27.7 Å². The summed E-state index contributed by atoms with van der Waals surface area (Å²) in [6.07, 6.45) is 0. The van der Waals surface area contributed by atoms with Crippen molar-refractivity contribution in [2.24, 2.45) is 0 Å². The van der Waals surface area contributed by atoms with Gasteiger partial charge < -0.3 is 10.4 Å². The van der Waals surface area contributed by atoms with Crippen molar-refractivity contribution >= 4 is 28.9 Å². The van der Waals surface area contributed by atoms with Crippen molar-refractivity contribution in [1.29, 1.82) is 0 Å². The van der Waals surface area contributed by atoms with Crippen LogP contribution in [-0.4, -0.2) is 16.1 Å². The number of anilines is 1. The molecule has 0 heterocycles. The first-order valence-corrected chi connectivity index (χ1v) is 7.68. The Morgan fingerprint density at radius 1 is 0.957 bits per heavy atom. The second-order valence-corrected chi connectivity index (χ2v) is 6.17. The lowest BCUT2D eigenvalue weighted by Crippen LogP contribution is -2.34. The smallest absolute Gasteiger partial charge is 0.257 e. The fraction of sp³-hybridized carbons (Fsp3) is 0.222. The number of amides is 1.